The van der Waals surface area contributed by atoms with Crippen LogP contribution in [0.5, 0.6) is 0 Å². The summed E-state index contributed by atoms with van der Waals surface area (Å²) in [6.45, 7) is 1.68. The second-order valence-electron chi connectivity index (χ2n) is 2.40. The molecule has 0 aliphatic carbocycles. The highest BCUT2D eigenvalue weighted by molar-refractivity contribution is 5.75. The van der Waals surface area contributed by atoms with Crippen LogP contribution in [-0.2, 0) is 4.79 Å². The van der Waals surface area contributed by atoms with Gasteiger partial charge in [-0.15, -0.1) is 0 Å². The van der Waals surface area contributed by atoms with Gasteiger partial charge in [0.05, 0.1) is 6.10 Å². The summed E-state index contributed by atoms with van der Waals surface area (Å²) >= 11 is 0. The highest BCUT2D eigenvalue weighted by atomic mass is 16.3. The average molecular weight is 149 g/mol. The van der Waals surface area contributed by atoms with E-state index in [4.69, 9.17) is 5.11 Å². The molecule has 2 heteroatoms. The molecule has 1 rings (SSSR count). The lowest BCUT2D eigenvalue weighted by Gasteiger charge is -2.02. The summed E-state index contributed by atoms with van der Waals surface area (Å²) in [6, 6.07) is 6.69. The van der Waals surface area contributed by atoms with Crippen molar-refractivity contribution in [1.29, 1.82) is 0 Å². The van der Waals surface area contributed by atoms with Crippen molar-refractivity contribution in [3.05, 3.63) is 35.4 Å². The fourth-order valence-corrected chi connectivity index (χ4v) is 0.830. The van der Waals surface area contributed by atoms with E-state index in [0.29, 0.717) is 5.56 Å². The highest BCUT2D eigenvalue weighted by Gasteiger charge is 1.98. The standard InChI is InChI=1S/C9H9O2/c1-7(11)9-4-2-8(6-10)3-5-9/h2-5,7,11H,1H3. The molecule has 1 atom stereocenters. The molecule has 0 aliphatic rings. The third kappa shape index (κ3) is 1.88. The van der Waals surface area contributed by atoms with Crippen LogP contribution in [0, 0.1) is 0 Å². The van der Waals surface area contributed by atoms with Crippen LogP contribution >= 0.6 is 0 Å². The zero-order chi connectivity index (χ0) is 8.27. The molecule has 0 heterocycles. The molecule has 1 aromatic rings. The number of hydrogen-bond acceptors (Lipinski definition) is 2. The quantitative estimate of drug-likeness (QED) is 0.686. The van der Waals surface area contributed by atoms with Gasteiger partial charge in [0, 0.05) is 5.56 Å². The molecule has 0 aromatic heterocycles. The van der Waals surface area contributed by atoms with Crippen LogP contribution in [0.1, 0.15) is 24.2 Å². The van der Waals surface area contributed by atoms with Gasteiger partial charge in [-0.05, 0) is 12.5 Å². The van der Waals surface area contributed by atoms with Crippen LogP contribution in [0.2, 0.25) is 0 Å². The number of aliphatic hydroxyl groups excluding tert-OH is 1. The zero-order valence-corrected chi connectivity index (χ0v) is 6.24. The van der Waals surface area contributed by atoms with E-state index in [2.05, 4.69) is 0 Å². The molecule has 0 amide bonds. The number of benzene rings is 1. The molecule has 0 spiro atoms. The van der Waals surface area contributed by atoms with Gasteiger partial charge in [0.25, 0.3) is 0 Å². The maximum Gasteiger partial charge on any atom is 0.233 e. The van der Waals surface area contributed by atoms with Crippen LogP contribution in [0.15, 0.2) is 24.3 Å². The lowest BCUT2D eigenvalue weighted by molar-refractivity contribution is 0.199. The third-order valence-electron chi connectivity index (χ3n) is 1.51. The molecule has 11 heavy (non-hydrogen) atoms. The van der Waals surface area contributed by atoms with Crippen molar-refractivity contribution in [2.45, 2.75) is 13.0 Å². The molecule has 0 fully saturated rings. The van der Waals surface area contributed by atoms with Crippen molar-refractivity contribution in [1.82, 2.24) is 0 Å². The number of carbonyl (C=O) groups excluding carboxylic acids is 1. The molecule has 0 saturated carbocycles. The second kappa shape index (κ2) is 3.30. The summed E-state index contributed by atoms with van der Waals surface area (Å²) < 4.78 is 0. The summed E-state index contributed by atoms with van der Waals surface area (Å²) in [5.41, 5.74) is 1.32. The lowest BCUT2D eigenvalue weighted by Crippen LogP contribution is -1.90. The Morgan fingerprint density at radius 1 is 1.36 bits per heavy atom. The van der Waals surface area contributed by atoms with Gasteiger partial charge in [-0.3, -0.25) is 4.79 Å². The summed E-state index contributed by atoms with van der Waals surface area (Å²) in [6.07, 6.45) is 1.29. The van der Waals surface area contributed by atoms with Gasteiger partial charge in [-0.2, -0.15) is 0 Å². The van der Waals surface area contributed by atoms with Gasteiger partial charge < -0.3 is 5.11 Å². The predicted octanol–water partition coefficient (Wildman–Crippen LogP) is 1.20. The molecule has 57 valence electrons. The first-order chi connectivity index (χ1) is 5.24. The number of hydrogen-bond donors (Lipinski definition) is 1. The van der Waals surface area contributed by atoms with E-state index in [1.54, 1.807) is 37.5 Å². The first-order valence-corrected chi connectivity index (χ1v) is 3.40. The van der Waals surface area contributed by atoms with Gasteiger partial charge in [0.15, 0.2) is 0 Å². The van der Waals surface area contributed by atoms with E-state index >= 15 is 0 Å². The number of aliphatic hydroxyl groups is 1. The van der Waals surface area contributed by atoms with Gasteiger partial charge in [-0.1, -0.05) is 24.3 Å². The Kier molecular flexibility index (Phi) is 2.39. The Bertz CT molecular complexity index is 236. The Balaban J connectivity index is 2.91. The molecular weight excluding hydrogens is 140 g/mol. The summed E-state index contributed by atoms with van der Waals surface area (Å²) in [5.74, 6) is 0. The van der Waals surface area contributed by atoms with Crippen LogP contribution in [0.3, 0.4) is 0 Å². The lowest BCUT2D eigenvalue weighted by atomic mass is 10.1. The first-order valence-electron chi connectivity index (χ1n) is 3.40. The Morgan fingerprint density at radius 3 is 2.27 bits per heavy atom. The van der Waals surface area contributed by atoms with Crippen molar-refractivity contribution >= 4 is 6.29 Å². The van der Waals surface area contributed by atoms with Crippen molar-refractivity contribution in [3.63, 3.8) is 0 Å². The van der Waals surface area contributed by atoms with Crippen molar-refractivity contribution in [2.75, 3.05) is 0 Å². The smallest absolute Gasteiger partial charge is 0.233 e. The molecule has 2 nitrogen and oxygen atoms in total. The van der Waals surface area contributed by atoms with Gasteiger partial charge >= 0.3 is 0 Å². The molecule has 1 radical (unpaired) electrons. The predicted molar refractivity (Wildman–Crippen MR) is 41.9 cm³/mol. The molecule has 1 unspecified atom stereocenters. The third-order valence-corrected chi connectivity index (χ3v) is 1.51. The Labute approximate surface area is 65.5 Å². The normalized spacial score (nSPS) is 12.5. The van der Waals surface area contributed by atoms with Crippen LogP contribution < -0.4 is 0 Å². The van der Waals surface area contributed by atoms with Gasteiger partial charge in [0.1, 0.15) is 0 Å². The second-order valence-corrected chi connectivity index (χ2v) is 2.40. The molecule has 0 saturated heterocycles. The van der Waals surface area contributed by atoms with E-state index in [1.165, 1.54) is 0 Å². The van der Waals surface area contributed by atoms with Crippen molar-refractivity contribution in [2.24, 2.45) is 0 Å². The number of rotatable bonds is 2. The molecular formula is C9H9O2. The van der Waals surface area contributed by atoms with E-state index in [-0.39, 0.29) is 0 Å². The SMILES string of the molecule is CC(O)c1ccc([C]=O)cc1. The maximum absolute atomic E-state index is 10.1. The summed E-state index contributed by atoms with van der Waals surface area (Å²) in [7, 11) is 0. The minimum Gasteiger partial charge on any atom is -0.389 e. The minimum absolute atomic E-state index is 0.476. The summed E-state index contributed by atoms with van der Waals surface area (Å²) in [4.78, 5) is 10.1. The largest absolute Gasteiger partial charge is 0.389 e. The minimum atomic E-state index is -0.476. The topological polar surface area (TPSA) is 37.3 Å². The Morgan fingerprint density at radius 2 is 1.91 bits per heavy atom. The van der Waals surface area contributed by atoms with E-state index in [0.717, 1.165) is 5.56 Å². The van der Waals surface area contributed by atoms with Gasteiger partial charge in [0.2, 0.25) is 6.29 Å². The monoisotopic (exact) mass is 149 g/mol. The van der Waals surface area contributed by atoms with Crippen LogP contribution in [0.4, 0.5) is 0 Å². The summed E-state index contributed by atoms with van der Waals surface area (Å²) in [5, 5.41) is 9.09. The van der Waals surface area contributed by atoms with E-state index < -0.39 is 6.10 Å². The van der Waals surface area contributed by atoms with Gasteiger partial charge in [-0.25, -0.2) is 0 Å². The fraction of sp³-hybridized carbons (Fsp3) is 0.222. The molecule has 1 N–H and O–H groups in total. The van der Waals surface area contributed by atoms with Crippen LogP contribution in [-0.4, -0.2) is 11.4 Å². The van der Waals surface area contributed by atoms with E-state index in [9.17, 15) is 4.79 Å². The molecule has 0 bridgehead atoms. The average Bonchev–Trinajstić information content (AvgIpc) is 2.05. The molecule has 1 aromatic carbocycles. The van der Waals surface area contributed by atoms with Crippen molar-refractivity contribution in [3.8, 4) is 0 Å². The highest BCUT2D eigenvalue weighted by Crippen LogP contribution is 2.11. The van der Waals surface area contributed by atoms with Crippen LogP contribution in [0.25, 0.3) is 0 Å². The van der Waals surface area contributed by atoms with Crippen molar-refractivity contribution < 1.29 is 9.90 Å². The van der Waals surface area contributed by atoms with E-state index in [1.807, 2.05) is 0 Å². The fourth-order valence-electron chi connectivity index (χ4n) is 0.830. The molecule has 0 aliphatic heterocycles. The zero-order valence-electron chi connectivity index (χ0n) is 6.24. The Hall–Kier alpha value is -1.15. The maximum atomic E-state index is 10.1. The first kappa shape index (κ1) is 7.95.